The van der Waals surface area contributed by atoms with E-state index in [0.29, 0.717) is 0 Å². The number of rotatable bonds is 0. The van der Waals surface area contributed by atoms with Crippen molar-refractivity contribution in [2.75, 3.05) is 0 Å². The van der Waals surface area contributed by atoms with Gasteiger partial charge in [-0.05, 0) is 19.3 Å². The molecule has 2 heteroatoms. The predicted octanol–water partition coefficient (Wildman–Crippen LogP) is 1.51. The Morgan fingerprint density at radius 3 is 1.67 bits per heavy atom. The molecular formula is C4H7AuF. The number of halogens is 1. The van der Waals surface area contributed by atoms with E-state index in [9.17, 15) is 4.39 Å². The molecule has 1 rings (SSSR count). The second-order valence-corrected chi connectivity index (χ2v) is 1.53. The van der Waals surface area contributed by atoms with Crippen LogP contribution in [0.3, 0.4) is 0 Å². The summed E-state index contributed by atoms with van der Waals surface area (Å²) in [6.07, 6.45) is 2.32. The Bertz CT molecular complexity index is 34.5. The molecule has 0 N–H and O–H groups in total. The SMILES string of the molecule is FC1CCC1.[Au]. The summed E-state index contributed by atoms with van der Waals surface area (Å²) in [6.45, 7) is 0. The average Bonchev–Trinajstić information content (AvgIpc) is 1.30. The Kier molecular flexibility index (Phi) is 3.09. The van der Waals surface area contributed by atoms with Crippen molar-refractivity contribution in [3.8, 4) is 0 Å². The molecule has 1 radical (unpaired) electrons. The fourth-order valence-electron chi connectivity index (χ4n) is 0.358. The molecule has 1 saturated carbocycles. The Hall–Kier alpha value is 0.670. The molecule has 0 unspecified atom stereocenters. The summed E-state index contributed by atoms with van der Waals surface area (Å²) in [5, 5.41) is 0. The van der Waals surface area contributed by atoms with Crippen molar-refractivity contribution >= 4 is 0 Å². The van der Waals surface area contributed by atoms with E-state index in [2.05, 4.69) is 0 Å². The summed E-state index contributed by atoms with van der Waals surface area (Å²) >= 11 is 0. The Morgan fingerprint density at radius 2 is 1.67 bits per heavy atom. The van der Waals surface area contributed by atoms with Crippen LogP contribution in [0.2, 0.25) is 0 Å². The maximum absolute atomic E-state index is 11.5. The van der Waals surface area contributed by atoms with Crippen LogP contribution in [0.1, 0.15) is 19.3 Å². The minimum atomic E-state index is -0.435. The van der Waals surface area contributed by atoms with Gasteiger partial charge >= 0.3 is 0 Å². The predicted molar refractivity (Wildman–Crippen MR) is 18.7 cm³/mol. The molecule has 0 aromatic rings. The van der Waals surface area contributed by atoms with Crippen molar-refractivity contribution in [3.05, 3.63) is 0 Å². The van der Waals surface area contributed by atoms with Gasteiger partial charge in [-0.1, -0.05) is 0 Å². The van der Waals surface area contributed by atoms with Gasteiger partial charge in [-0.15, -0.1) is 0 Å². The quantitative estimate of drug-likeness (QED) is 0.586. The second kappa shape index (κ2) is 2.78. The van der Waals surface area contributed by atoms with Crippen LogP contribution in [0.4, 0.5) is 4.39 Å². The first kappa shape index (κ1) is 6.67. The number of alkyl halides is 1. The van der Waals surface area contributed by atoms with Crippen LogP contribution < -0.4 is 0 Å². The molecule has 6 heavy (non-hydrogen) atoms. The first-order chi connectivity index (χ1) is 2.39. The smallest absolute Gasteiger partial charge is 0.100 e. The van der Waals surface area contributed by atoms with Crippen molar-refractivity contribution in [2.24, 2.45) is 0 Å². The van der Waals surface area contributed by atoms with Crippen LogP contribution in [-0.2, 0) is 22.4 Å². The van der Waals surface area contributed by atoms with Gasteiger partial charge in [-0.3, -0.25) is 0 Å². The van der Waals surface area contributed by atoms with Crippen molar-refractivity contribution < 1.29 is 26.8 Å². The molecule has 0 spiro atoms. The van der Waals surface area contributed by atoms with Crippen molar-refractivity contribution in [1.82, 2.24) is 0 Å². The molecule has 0 aliphatic heterocycles. The fourth-order valence-corrected chi connectivity index (χ4v) is 0.358. The Labute approximate surface area is 52.6 Å². The van der Waals surface area contributed by atoms with Crippen molar-refractivity contribution in [3.63, 3.8) is 0 Å². The van der Waals surface area contributed by atoms with Gasteiger partial charge in [0, 0.05) is 22.4 Å². The average molecular weight is 271 g/mol. The number of hydrogen-bond acceptors (Lipinski definition) is 0. The minimum Gasteiger partial charge on any atom is -0.247 e. The topological polar surface area (TPSA) is 0 Å². The monoisotopic (exact) mass is 271 g/mol. The van der Waals surface area contributed by atoms with Crippen molar-refractivity contribution in [1.29, 1.82) is 0 Å². The molecule has 0 saturated heterocycles. The van der Waals surface area contributed by atoms with E-state index >= 15 is 0 Å². The van der Waals surface area contributed by atoms with E-state index in [0.717, 1.165) is 19.3 Å². The van der Waals surface area contributed by atoms with E-state index in [-0.39, 0.29) is 22.4 Å². The third kappa shape index (κ3) is 1.41. The zero-order valence-electron chi connectivity index (χ0n) is 3.38. The fraction of sp³-hybridized carbons (Fsp3) is 1.00. The minimum absolute atomic E-state index is 0. The third-order valence-electron chi connectivity index (χ3n) is 1.03. The van der Waals surface area contributed by atoms with Gasteiger partial charge in [0.05, 0.1) is 0 Å². The largest absolute Gasteiger partial charge is 0.247 e. The van der Waals surface area contributed by atoms with Gasteiger partial charge in [0.25, 0.3) is 0 Å². The molecule has 1 fully saturated rings. The molecule has 1 aliphatic rings. The summed E-state index contributed by atoms with van der Waals surface area (Å²) in [5.41, 5.74) is 0. The van der Waals surface area contributed by atoms with E-state index in [1.807, 2.05) is 0 Å². The molecular weight excluding hydrogens is 264 g/mol. The van der Waals surface area contributed by atoms with Crippen LogP contribution in [0.5, 0.6) is 0 Å². The maximum Gasteiger partial charge on any atom is 0.100 e. The standard InChI is InChI=1S/C4H7F.Au/c5-4-2-1-3-4;/h4H,1-3H2;. The van der Waals surface area contributed by atoms with Crippen molar-refractivity contribution in [2.45, 2.75) is 25.4 Å². The molecule has 0 bridgehead atoms. The zero-order chi connectivity index (χ0) is 3.70. The normalized spacial score (nSPS) is 21.5. The molecule has 0 heterocycles. The molecule has 0 nitrogen and oxygen atoms in total. The summed E-state index contributed by atoms with van der Waals surface area (Å²) in [4.78, 5) is 0. The Morgan fingerprint density at radius 1 is 1.33 bits per heavy atom. The van der Waals surface area contributed by atoms with Crippen LogP contribution in [0, 0.1) is 0 Å². The summed E-state index contributed by atoms with van der Waals surface area (Å²) in [6, 6.07) is 0. The van der Waals surface area contributed by atoms with Gasteiger partial charge in [-0.2, -0.15) is 0 Å². The third-order valence-corrected chi connectivity index (χ3v) is 1.03. The molecule has 0 aromatic heterocycles. The molecule has 1 aliphatic carbocycles. The molecule has 0 aromatic carbocycles. The van der Waals surface area contributed by atoms with Gasteiger partial charge in [0.2, 0.25) is 0 Å². The van der Waals surface area contributed by atoms with Gasteiger partial charge in [0.15, 0.2) is 0 Å². The van der Waals surface area contributed by atoms with E-state index < -0.39 is 6.17 Å². The summed E-state index contributed by atoms with van der Waals surface area (Å²) in [7, 11) is 0. The van der Waals surface area contributed by atoms with E-state index in [4.69, 9.17) is 0 Å². The van der Waals surface area contributed by atoms with Crippen LogP contribution in [0.25, 0.3) is 0 Å². The van der Waals surface area contributed by atoms with Gasteiger partial charge in [-0.25, -0.2) is 4.39 Å². The first-order valence-corrected chi connectivity index (χ1v) is 2.03. The second-order valence-electron chi connectivity index (χ2n) is 1.53. The summed E-state index contributed by atoms with van der Waals surface area (Å²) < 4.78 is 11.5. The zero-order valence-corrected chi connectivity index (χ0v) is 5.54. The summed E-state index contributed by atoms with van der Waals surface area (Å²) in [5.74, 6) is 0. The van der Waals surface area contributed by atoms with Crippen LogP contribution >= 0.6 is 0 Å². The van der Waals surface area contributed by atoms with E-state index in [1.54, 1.807) is 0 Å². The van der Waals surface area contributed by atoms with Gasteiger partial charge < -0.3 is 0 Å². The van der Waals surface area contributed by atoms with Crippen LogP contribution in [-0.4, -0.2) is 6.17 Å². The molecule has 41 valence electrons. The maximum atomic E-state index is 11.5. The van der Waals surface area contributed by atoms with E-state index in [1.165, 1.54) is 0 Å². The van der Waals surface area contributed by atoms with Gasteiger partial charge in [0.1, 0.15) is 6.17 Å². The molecule has 0 amide bonds. The van der Waals surface area contributed by atoms with Crippen LogP contribution in [0.15, 0.2) is 0 Å². The Balaban J connectivity index is 0.000000250. The molecule has 0 atom stereocenters. The number of hydrogen-bond donors (Lipinski definition) is 0. The first-order valence-electron chi connectivity index (χ1n) is 2.03.